The van der Waals surface area contributed by atoms with Crippen LogP contribution in [-0.4, -0.2) is 32.0 Å². The standard InChI is InChI=1S/C15H16O5S/c1-9-8-10(21(2,19)20)6-7-11(9)15(18)14-12(16)4-3-5-13(14)17/h6-8,11,14H,1,3-5H2,2H3. The minimum Gasteiger partial charge on any atom is -0.298 e. The number of hydrogen-bond acceptors (Lipinski definition) is 5. The molecule has 1 saturated carbocycles. The van der Waals surface area contributed by atoms with Gasteiger partial charge in [0.15, 0.2) is 27.2 Å². The Morgan fingerprint density at radius 2 is 1.81 bits per heavy atom. The zero-order valence-electron chi connectivity index (χ0n) is 11.7. The number of hydrogen-bond donors (Lipinski definition) is 0. The van der Waals surface area contributed by atoms with E-state index in [1.54, 1.807) is 0 Å². The predicted molar refractivity (Wildman–Crippen MR) is 77.1 cm³/mol. The topological polar surface area (TPSA) is 85.3 Å². The highest BCUT2D eigenvalue weighted by Crippen LogP contribution is 2.29. The molecule has 6 heteroatoms. The fourth-order valence-corrected chi connectivity index (χ4v) is 3.24. The van der Waals surface area contributed by atoms with Crippen LogP contribution < -0.4 is 0 Å². The molecule has 5 nitrogen and oxygen atoms in total. The Kier molecular flexibility index (Phi) is 4.09. The Bertz CT molecular complexity index is 678. The molecule has 0 aromatic rings. The van der Waals surface area contributed by atoms with Gasteiger partial charge in [-0.3, -0.25) is 14.4 Å². The maximum atomic E-state index is 12.4. The molecule has 0 N–H and O–H groups in total. The lowest BCUT2D eigenvalue weighted by Gasteiger charge is -2.24. The average Bonchev–Trinajstić information content (AvgIpc) is 2.37. The number of Topliss-reactive ketones (excluding diaryl/α,β-unsaturated/α-hetero) is 3. The zero-order valence-corrected chi connectivity index (χ0v) is 12.5. The predicted octanol–water partition coefficient (Wildman–Crippen LogP) is 1.16. The summed E-state index contributed by atoms with van der Waals surface area (Å²) >= 11 is 0. The van der Waals surface area contributed by atoms with Gasteiger partial charge < -0.3 is 0 Å². The van der Waals surface area contributed by atoms with Crippen molar-refractivity contribution < 1.29 is 22.8 Å². The molecule has 1 unspecified atom stereocenters. The SMILES string of the molecule is C=C1C=C(S(C)(=O)=O)C=CC1C(=O)C1C(=O)CCCC1=O. The molecule has 1 fully saturated rings. The molecule has 0 radical (unpaired) electrons. The summed E-state index contributed by atoms with van der Waals surface area (Å²) in [6.07, 6.45) is 6.05. The van der Waals surface area contributed by atoms with Crippen LogP contribution in [0, 0.1) is 11.8 Å². The van der Waals surface area contributed by atoms with Crippen LogP contribution >= 0.6 is 0 Å². The molecule has 0 amide bonds. The Morgan fingerprint density at radius 1 is 1.24 bits per heavy atom. The van der Waals surface area contributed by atoms with Crippen LogP contribution in [0.5, 0.6) is 0 Å². The molecule has 0 heterocycles. The summed E-state index contributed by atoms with van der Waals surface area (Å²) < 4.78 is 22.9. The number of sulfone groups is 1. The van der Waals surface area contributed by atoms with Crippen LogP contribution in [0.15, 0.2) is 35.3 Å². The molecule has 2 rings (SSSR count). The molecule has 21 heavy (non-hydrogen) atoms. The minimum absolute atomic E-state index is 0.0675. The first-order chi connectivity index (χ1) is 9.71. The maximum Gasteiger partial charge on any atom is 0.175 e. The quantitative estimate of drug-likeness (QED) is 0.730. The van der Waals surface area contributed by atoms with E-state index in [1.807, 2.05) is 0 Å². The molecule has 1 atom stereocenters. The van der Waals surface area contributed by atoms with Crippen LogP contribution in [0.4, 0.5) is 0 Å². The van der Waals surface area contributed by atoms with Crippen LogP contribution in [0.3, 0.4) is 0 Å². The van der Waals surface area contributed by atoms with Crippen molar-refractivity contribution in [1.29, 1.82) is 0 Å². The summed E-state index contributed by atoms with van der Waals surface area (Å²) in [6.45, 7) is 3.69. The second kappa shape index (κ2) is 5.52. The summed E-state index contributed by atoms with van der Waals surface area (Å²) in [5.74, 6) is -3.25. The van der Waals surface area contributed by atoms with Crippen molar-refractivity contribution in [2.45, 2.75) is 19.3 Å². The van der Waals surface area contributed by atoms with Gasteiger partial charge in [-0.25, -0.2) is 8.42 Å². The fourth-order valence-electron chi connectivity index (χ4n) is 2.55. The second-order valence-corrected chi connectivity index (χ2v) is 7.37. The van der Waals surface area contributed by atoms with E-state index >= 15 is 0 Å². The van der Waals surface area contributed by atoms with E-state index in [4.69, 9.17) is 0 Å². The summed E-state index contributed by atoms with van der Waals surface area (Å²) in [4.78, 5) is 36.1. The number of rotatable bonds is 3. The van der Waals surface area contributed by atoms with Gasteiger partial charge in [-0.2, -0.15) is 0 Å². The lowest BCUT2D eigenvalue weighted by Crippen LogP contribution is -2.38. The molecule has 0 saturated heterocycles. The zero-order chi connectivity index (χ0) is 15.8. The summed E-state index contributed by atoms with van der Waals surface area (Å²) in [5, 5.41) is 0. The van der Waals surface area contributed by atoms with E-state index in [0.29, 0.717) is 6.42 Å². The third-order valence-electron chi connectivity index (χ3n) is 3.69. The van der Waals surface area contributed by atoms with Gasteiger partial charge >= 0.3 is 0 Å². The minimum atomic E-state index is -3.39. The van der Waals surface area contributed by atoms with E-state index in [-0.39, 0.29) is 34.9 Å². The Labute approximate surface area is 123 Å². The van der Waals surface area contributed by atoms with Crippen LogP contribution in [0.1, 0.15) is 19.3 Å². The van der Waals surface area contributed by atoms with Crippen LogP contribution in [-0.2, 0) is 24.2 Å². The number of ketones is 3. The van der Waals surface area contributed by atoms with Crippen molar-refractivity contribution in [2.24, 2.45) is 11.8 Å². The highest BCUT2D eigenvalue weighted by molar-refractivity contribution is 7.94. The molecule has 0 spiro atoms. The summed E-state index contributed by atoms with van der Waals surface area (Å²) in [6, 6.07) is 0. The van der Waals surface area contributed by atoms with Crippen molar-refractivity contribution in [3.63, 3.8) is 0 Å². The lowest BCUT2D eigenvalue weighted by atomic mass is 9.77. The highest BCUT2D eigenvalue weighted by atomic mass is 32.2. The molecule has 2 aliphatic carbocycles. The van der Waals surface area contributed by atoms with Crippen molar-refractivity contribution in [2.75, 3.05) is 6.26 Å². The fraction of sp³-hybridized carbons (Fsp3) is 0.400. The first-order valence-electron chi connectivity index (χ1n) is 6.59. The largest absolute Gasteiger partial charge is 0.298 e. The van der Waals surface area contributed by atoms with Gasteiger partial charge in [0.05, 0.1) is 10.8 Å². The average molecular weight is 308 g/mol. The van der Waals surface area contributed by atoms with E-state index in [1.165, 1.54) is 18.2 Å². The molecule has 0 bridgehead atoms. The van der Waals surface area contributed by atoms with Gasteiger partial charge in [0, 0.05) is 19.1 Å². The molecule has 0 aromatic carbocycles. The van der Waals surface area contributed by atoms with Crippen molar-refractivity contribution in [3.8, 4) is 0 Å². The maximum absolute atomic E-state index is 12.4. The molecule has 112 valence electrons. The third kappa shape index (κ3) is 3.10. The van der Waals surface area contributed by atoms with Crippen molar-refractivity contribution in [1.82, 2.24) is 0 Å². The Morgan fingerprint density at radius 3 is 2.29 bits per heavy atom. The number of carbonyl (C=O) groups is 3. The van der Waals surface area contributed by atoms with E-state index in [0.717, 1.165) is 6.26 Å². The van der Waals surface area contributed by atoms with Gasteiger partial charge in [0.1, 0.15) is 5.92 Å². The molecular formula is C15H16O5S. The molecule has 0 aliphatic heterocycles. The van der Waals surface area contributed by atoms with Crippen LogP contribution in [0.25, 0.3) is 0 Å². The smallest absolute Gasteiger partial charge is 0.175 e. The van der Waals surface area contributed by atoms with E-state index < -0.39 is 27.5 Å². The lowest BCUT2D eigenvalue weighted by molar-refractivity contribution is -0.142. The Balaban J connectivity index is 2.25. The monoisotopic (exact) mass is 308 g/mol. The summed E-state index contributed by atoms with van der Waals surface area (Å²) in [7, 11) is -3.39. The third-order valence-corrected chi connectivity index (χ3v) is 4.80. The molecular weight excluding hydrogens is 292 g/mol. The molecule has 0 aromatic heterocycles. The van der Waals surface area contributed by atoms with Gasteiger partial charge in [0.2, 0.25) is 0 Å². The van der Waals surface area contributed by atoms with Crippen LogP contribution in [0.2, 0.25) is 0 Å². The van der Waals surface area contributed by atoms with E-state index in [9.17, 15) is 22.8 Å². The summed E-state index contributed by atoms with van der Waals surface area (Å²) in [5.41, 5.74) is 0.286. The first kappa shape index (κ1) is 15.6. The number of carbonyl (C=O) groups excluding carboxylic acids is 3. The highest BCUT2D eigenvalue weighted by Gasteiger charge is 2.39. The number of allylic oxidation sites excluding steroid dienone is 4. The Hall–Kier alpha value is -1.82. The van der Waals surface area contributed by atoms with E-state index in [2.05, 4.69) is 6.58 Å². The first-order valence-corrected chi connectivity index (χ1v) is 8.49. The van der Waals surface area contributed by atoms with Gasteiger partial charge in [-0.1, -0.05) is 12.7 Å². The second-order valence-electron chi connectivity index (χ2n) is 5.35. The van der Waals surface area contributed by atoms with Crippen molar-refractivity contribution >= 4 is 27.2 Å². The van der Waals surface area contributed by atoms with Gasteiger partial charge in [-0.05, 0) is 24.1 Å². The normalized spacial score (nSPS) is 24.1. The van der Waals surface area contributed by atoms with Gasteiger partial charge in [-0.15, -0.1) is 0 Å². The van der Waals surface area contributed by atoms with Gasteiger partial charge in [0.25, 0.3) is 0 Å². The molecule has 2 aliphatic rings. The van der Waals surface area contributed by atoms with Crippen molar-refractivity contribution in [3.05, 3.63) is 35.3 Å².